The molecule has 0 unspecified atom stereocenters. The monoisotopic (exact) mass is 200 g/mol. The van der Waals surface area contributed by atoms with E-state index in [4.69, 9.17) is 5.73 Å². The van der Waals surface area contributed by atoms with E-state index in [-0.39, 0.29) is 11.6 Å². The molecule has 0 amide bonds. The Kier molecular flexibility index (Phi) is 2.37. The van der Waals surface area contributed by atoms with Gasteiger partial charge in [-0.05, 0) is 12.1 Å². The van der Waals surface area contributed by atoms with Crippen molar-refractivity contribution in [1.82, 2.24) is 15.0 Å². The van der Waals surface area contributed by atoms with E-state index in [2.05, 4.69) is 15.0 Å². The quantitative estimate of drug-likeness (QED) is 0.721. The molecule has 0 atom stereocenters. The fourth-order valence-corrected chi connectivity index (χ4v) is 1.13. The first-order chi connectivity index (χ1) is 7.29. The topological polar surface area (TPSA) is 81.8 Å². The van der Waals surface area contributed by atoms with Crippen LogP contribution in [0.2, 0.25) is 0 Å². The Morgan fingerprint density at radius 2 is 1.93 bits per heavy atom. The van der Waals surface area contributed by atoms with E-state index >= 15 is 0 Å². The van der Waals surface area contributed by atoms with Crippen molar-refractivity contribution in [2.24, 2.45) is 0 Å². The van der Waals surface area contributed by atoms with Crippen molar-refractivity contribution in [2.75, 3.05) is 5.73 Å². The van der Waals surface area contributed by atoms with Gasteiger partial charge in [-0.2, -0.15) is 0 Å². The molecule has 0 aromatic carbocycles. The summed E-state index contributed by atoms with van der Waals surface area (Å²) in [4.78, 5) is 23.4. The zero-order valence-electron chi connectivity index (χ0n) is 7.79. The van der Waals surface area contributed by atoms with Crippen LogP contribution in [0.5, 0.6) is 0 Å². The number of carbonyl (C=O) groups excluding carboxylic acids is 1. The van der Waals surface area contributed by atoms with Gasteiger partial charge in [-0.15, -0.1) is 0 Å². The summed E-state index contributed by atoms with van der Waals surface area (Å²) in [5.74, 6) is -0.196. The van der Waals surface area contributed by atoms with E-state index in [1.54, 1.807) is 12.1 Å². The lowest BCUT2D eigenvalue weighted by Gasteiger charge is -2.01. The van der Waals surface area contributed by atoms with Crippen LogP contribution in [0, 0.1) is 0 Å². The molecular weight excluding hydrogens is 192 g/mol. The molecule has 5 heteroatoms. The van der Waals surface area contributed by atoms with E-state index in [9.17, 15) is 4.79 Å². The van der Waals surface area contributed by atoms with Gasteiger partial charge in [-0.25, -0.2) is 9.97 Å². The van der Waals surface area contributed by atoms with Crippen LogP contribution in [-0.2, 0) is 0 Å². The van der Waals surface area contributed by atoms with Crippen LogP contribution in [0.4, 0.5) is 5.69 Å². The van der Waals surface area contributed by atoms with Crippen molar-refractivity contribution in [3.8, 4) is 0 Å². The van der Waals surface area contributed by atoms with Crippen LogP contribution in [0.25, 0.3) is 0 Å². The molecule has 5 nitrogen and oxygen atoms in total. The number of hydrogen-bond acceptors (Lipinski definition) is 5. The van der Waals surface area contributed by atoms with Gasteiger partial charge in [-0.1, -0.05) is 0 Å². The van der Waals surface area contributed by atoms with Crippen LogP contribution in [0.3, 0.4) is 0 Å². The van der Waals surface area contributed by atoms with Crippen LogP contribution in [-0.4, -0.2) is 20.7 Å². The van der Waals surface area contributed by atoms with Gasteiger partial charge in [0.1, 0.15) is 0 Å². The van der Waals surface area contributed by atoms with Crippen LogP contribution >= 0.6 is 0 Å². The van der Waals surface area contributed by atoms with Gasteiger partial charge in [0.15, 0.2) is 0 Å². The smallest absolute Gasteiger partial charge is 0.233 e. The predicted molar refractivity (Wildman–Crippen MR) is 54.1 cm³/mol. The van der Waals surface area contributed by atoms with Crippen molar-refractivity contribution in [3.05, 3.63) is 48.3 Å². The number of nitrogens with zero attached hydrogens (tertiary/aromatic N) is 3. The summed E-state index contributed by atoms with van der Waals surface area (Å²) in [5.41, 5.74) is 6.34. The van der Waals surface area contributed by atoms with Gasteiger partial charge in [-0.3, -0.25) is 9.78 Å². The third-order valence-corrected chi connectivity index (χ3v) is 1.87. The second-order valence-electron chi connectivity index (χ2n) is 2.86. The molecule has 0 fully saturated rings. The number of pyridine rings is 1. The minimum atomic E-state index is -0.318. The van der Waals surface area contributed by atoms with Gasteiger partial charge in [0.25, 0.3) is 0 Å². The summed E-state index contributed by atoms with van der Waals surface area (Å²) < 4.78 is 0. The molecule has 15 heavy (non-hydrogen) atoms. The average Bonchev–Trinajstić information content (AvgIpc) is 2.30. The van der Waals surface area contributed by atoms with Crippen molar-refractivity contribution in [2.45, 2.75) is 0 Å². The maximum atomic E-state index is 11.8. The molecule has 2 aromatic rings. The predicted octanol–water partition coefficient (Wildman–Crippen LogP) is 0.685. The Balaban J connectivity index is 2.42. The zero-order valence-corrected chi connectivity index (χ0v) is 7.79. The van der Waals surface area contributed by atoms with Gasteiger partial charge >= 0.3 is 0 Å². The van der Waals surface area contributed by atoms with Crippen LogP contribution < -0.4 is 5.73 Å². The molecule has 0 saturated carbocycles. The Morgan fingerprint density at radius 1 is 1.20 bits per heavy atom. The summed E-state index contributed by atoms with van der Waals surface area (Å²) in [5, 5.41) is 0. The highest BCUT2D eigenvalue weighted by Gasteiger charge is 2.14. The summed E-state index contributed by atoms with van der Waals surface area (Å²) in [7, 11) is 0. The molecular formula is C10H8N4O. The van der Waals surface area contributed by atoms with Crippen LogP contribution in [0.15, 0.2) is 36.9 Å². The number of nitrogen functional groups attached to an aromatic ring is 1. The Hall–Kier alpha value is -2.30. The molecule has 2 rings (SSSR count). The van der Waals surface area contributed by atoms with Crippen molar-refractivity contribution < 1.29 is 4.79 Å². The first kappa shape index (κ1) is 9.26. The molecule has 0 aliphatic heterocycles. The first-order valence-corrected chi connectivity index (χ1v) is 4.30. The molecule has 0 spiro atoms. The minimum Gasteiger partial charge on any atom is -0.398 e. The Morgan fingerprint density at radius 3 is 2.60 bits per heavy atom. The number of rotatable bonds is 2. The molecule has 0 aliphatic rings. The van der Waals surface area contributed by atoms with Gasteiger partial charge in [0.05, 0.1) is 5.56 Å². The number of hydrogen-bond donors (Lipinski definition) is 1. The molecule has 0 saturated heterocycles. The standard InChI is InChI=1S/C10H8N4O/c11-8-2-5-12-6-7(8)9(15)10-13-3-1-4-14-10/h1-6H,(H2,11,12). The lowest BCUT2D eigenvalue weighted by atomic mass is 10.1. The van der Waals surface area contributed by atoms with Gasteiger partial charge in [0, 0.05) is 30.5 Å². The average molecular weight is 200 g/mol. The van der Waals surface area contributed by atoms with Crippen molar-refractivity contribution >= 4 is 11.5 Å². The van der Waals surface area contributed by atoms with Crippen LogP contribution in [0.1, 0.15) is 16.2 Å². The fraction of sp³-hybridized carbons (Fsp3) is 0. The summed E-state index contributed by atoms with van der Waals surface area (Å²) in [6, 6.07) is 3.21. The lowest BCUT2D eigenvalue weighted by Crippen LogP contribution is -2.09. The Labute approximate surface area is 86.0 Å². The van der Waals surface area contributed by atoms with Crippen molar-refractivity contribution in [3.63, 3.8) is 0 Å². The summed E-state index contributed by atoms with van der Waals surface area (Å²) in [6.45, 7) is 0. The number of carbonyl (C=O) groups is 1. The van der Waals surface area contributed by atoms with E-state index < -0.39 is 0 Å². The fourth-order valence-electron chi connectivity index (χ4n) is 1.13. The highest BCUT2D eigenvalue weighted by atomic mass is 16.1. The highest BCUT2D eigenvalue weighted by Crippen LogP contribution is 2.11. The van der Waals surface area contributed by atoms with E-state index in [1.165, 1.54) is 24.8 Å². The third kappa shape index (κ3) is 1.80. The molecule has 2 aromatic heterocycles. The van der Waals surface area contributed by atoms with E-state index in [1.807, 2.05) is 0 Å². The molecule has 2 N–H and O–H groups in total. The first-order valence-electron chi connectivity index (χ1n) is 4.30. The maximum Gasteiger partial charge on any atom is 0.233 e. The lowest BCUT2D eigenvalue weighted by molar-refractivity contribution is 0.103. The second-order valence-corrected chi connectivity index (χ2v) is 2.86. The van der Waals surface area contributed by atoms with Gasteiger partial charge < -0.3 is 5.73 Å². The molecule has 0 aliphatic carbocycles. The zero-order chi connectivity index (χ0) is 10.7. The third-order valence-electron chi connectivity index (χ3n) is 1.87. The van der Waals surface area contributed by atoms with E-state index in [0.29, 0.717) is 11.3 Å². The highest BCUT2D eigenvalue weighted by molar-refractivity contribution is 6.09. The number of aromatic nitrogens is 3. The summed E-state index contributed by atoms with van der Waals surface area (Å²) >= 11 is 0. The molecule has 0 bridgehead atoms. The summed E-state index contributed by atoms with van der Waals surface area (Å²) in [6.07, 6.45) is 5.95. The van der Waals surface area contributed by atoms with Crippen molar-refractivity contribution in [1.29, 1.82) is 0 Å². The largest absolute Gasteiger partial charge is 0.398 e. The Bertz CT molecular complexity index is 484. The molecule has 2 heterocycles. The number of nitrogens with two attached hydrogens (primary N) is 1. The number of ketones is 1. The van der Waals surface area contributed by atoms with E-state index in [0.717, 1.165) is 0 Å². The molecule has 74 valence electrons. The normalized spacial score (nSPS) is 9.87. The number of anilines is 1. The second kappa shape index (κ2) is 3.83. The minimum absolute atomic E-state index is 0.122. The SMILES string of the molecule is Nc1ccncc1C(=O)c1ncccn1. The van der Waals surface area contributed by atoms with Gasteiger partial charge in [0.2, 0.25) is 11.6 Å². The molecule has 0 radical (unpaired) electrons. The maximum absolute atomic E-state index is 11.8.